The van der Waals surface area contributed by atoms with E-state index < -0.39 is 0 Å². The van der Waals surface area contributed by atoms with Crippen molar-refractivity contribution < 1.29 is 0 Å². The molecule has 0 atom stereocenters. The lowest BCUT2D eigenvalue weighted by molar-refractivity contribution is 0.462. The van der Waals surface area contributed by atoms with Crippen molar-refractivity contribution in [3.63, 3.8) is 0 Å². The topological polar surface area (TPSA) is 154 Å². The van der Waals surface area contributed by atoms with Crippen molar-refractivity contribution in [2.45, 2.75) is 383 Å². The molecule has 0 spiro atoms. The normalized spacial score (nSPS) is 11.7. The Morgan fingerprint density at radius 1 is 0.237 bits per heavy atom. The van der Waals surface area contributed by atoms with Crippen LogP contribution in [0.3, 0.4) is 0 Å². The molecule has 5 rings (SSSR count). The molecular weight excluding hydrogens is 1150 g/mol. The van der Waals surface area contributed by atoms with Crippen molar-refractivity contribution in [1.82, 2.24) is 75.0 Å². The van der Waals surface area contributed by atoms with Gasteiger partial charge in [0, 0.05) is 38.9 Å². The zero-order valence-electron chi connectivity index (χ0n) is 64.7. The van der Waals surface area contributed by atoms with Gasteiger partial charge in [-0.1, -0.05) is 267 Å². The maximum absolute atomic E-state index is 4.22. The first-order chi connectivity index (χ1) is 44.4. The molecule has 538 valence electrons. The number of hydrogen-bond acceptors (Lipinski definition) is 10. The fraction of sp³-hybridized carbons (Fsp3) is 0.872. The molecule has 0 N–H and O–H groups in total. The molecule has 15 heteroatoms. The summed E-state index contributed by atoms with van der Waals surface area (Å²) in [6.45, 7) is 50.7. The van der Waals surface area contributed by atoms with Crippen molar-refractivity contribution in [3.05, 3.63) is 59.5 Å². The molecule has 5 heterocycles. The third kappa shape index (κ3) is 50.7. The van der Waals surface area contributed by atoms with Crippen molar-refractivity contribution in [3.8, 4) is 0 Å². The van der Waals surface area contributed by atoms with Gasteiger partial charge in [0.2, 0.25) is 0 Å². The van der Waals surface area contributed by atoms with Gasteiger partial charge < -0.3 is 0 Å². The van der Waals surface area contributed by atoms with Crippen molar-refractivity contribution in [1.29, 1.82) is 0 Å². The summed E-state index contributed by atoms with van der Waals surface area (Å²) < 4.78 is 10.4. The quantitative estimate of drug-likeness (QED) is 0.0344. The third-order valence-corrected chi connectivity index (χ3v) is 17.3. The Balaban J connectivity index is 0.000000582. The molecule has 0 fully saturated rings. The second-order valence-electron chi connectivity index (χ2n) is 31.7. The molecule has 0 aliphatic carbocycles. The number of rotatable bonds is 48. The fourth-order valence-corrected chi connectivity index (χ4v) is 11.0. The molecule has 0 aliphatic heterocycles. The highest BCUT2D eigenvalue weighted by Crippen LogP contribution is 2.18. The summed E-state index contributed by atoms with van der Waals surface area (Å²) in [5, 5.41) is 41.4. The molecule has 5 aromatic heterocycles. The Kier molecular flexibility index (Phi) is 52.0. The van der Waals surface area contributed by atoms with E-state index in [1.165, 1.54) is 203 Å². The van der Waals surface area contributed by atoms with Crippen LogP contribution < -0.4 is 0 Å². The van der Waals surface area contributed by atoms with E-state index in [9.17, 15) is 0 Å². The van der Waals surface area contributed by atoms with E-state index in [-0.39, 0.29) is 0 Å². The van der Waals surface area contributed by atoms with E-state index in [0.717, 1.165) is 130 Å². The number of aromatic nitrogens is 15. The van der Waals surface area contributed by atoms with E-state index in [1.807, 2.05) is 29.5 Å². The minimum atomic E-state index is 0.730. The largest absolute Gasteiger partial charge is 0.252 e. The molecule has 0 bridgehead atoms. The van der Waals surface area contributed by atoms with Gasteiger partial charge in [0.15, 0.2) is 0 Å². The number of aryl methyl sites for hydroxylation is 10. The highest BCUT2D eigenvalue weighted by molar-refractivity contribution is 4.97. The average molecular weight is 1300 g/mol. The van der Waals surface area contributed by atoms with Gasteiger partial charge in [-0.05, 0) is 168 Å². The van der Waals surface area contributed by atoms with E-state index in [2.05, 4.69) is 215 Å². The second kappa shape index (κ2) is 55.8. The minimum absolute atomic E-state index is 0.730. The van der Waals surface area contributed by atoms with Crippen LogP contribution in [0.15, 0.2) is 31.0 Å². The fourth-order valence-electron chi connectivity index (χ4n) is 11.0. The van der Waals surface area contributed by atoms with Crippen LogP contribution in [0.5, 0.6) is 0 Å². The molecule has 15 nitrogen and oxygen atoms in total. The van der Waals surface area contributed by atoms with Crippen LogP contribution in [0.25, 0.3) is 0 Å². The Morgan fingerprint density at radius 3 is 0.774 bits per heavy atom. The zero-order valence-corrected chi connectivity index (χ0v) is 64.7. The van der Waals surface area contributed by atoms with Crippen LogP contribution in [0.4, 0.5) is 0 Å². The molecule has 0 saturated heterocycles. The van der Waals surface area contributed by atoms with Crippen LogP contribution in [-0.2, 0) is 64.8 Å². The van der Waals surface area contributed by atoms with Crippen molar-refractivity contribution >= 4 is 0 Å². The standard InChI is InChI=1S/4C16H31N3.C14H27N3/c2*1-14(2)9-6-5-7-11-16-13-17-18-19(16)12-8-10-15(3)4;2*1-14(2)9-7-5-6-8-10-16-13-17-18-19(16)12-11-15(3)4;1-12(2)7-5-6-8-14-11-17(16-15-14)10-9-13(3)4/h4*13-15H,5-12H2,1-4H3;11-13H,5-10H2,1-4H3. The van der Waals surface area contributed by atoms with Crippen molar-refractivity contribution in [2.75, 3.05) is 0 Å². The highest BCUT2D eigenvalue weighted by Gasteiger charge is 2.10. The molecule has 0 aliphatic rings. The van der Waals surface area contributed by atoms with Crippen LogP contribution in [0.2, 0.25) is 0 Å². The van der Waals surface area contributed by atoms with Gasteiger partial charge in [0.05, 0.1) is 53.3 Å². The summed E-state index contributed by atoms with van der Waals surface area (Å²) in [4.78, 5) is 0. The first-order valence-electron chi connectivity index (χ1n) is 38.8. The molecule has 0 saturated carbocycles. The lowest BCUT2D eigenvalue weighted by Gasteiger charge is -2.08. The number of unbranched alkanes of at least 4 members (excludes halogenated alkanes) is 11. The Bertz CT molecular complexity index is 2240. The first-order valence-corrected chi connectivity index (χ1v) is 38.8. The SMILES string of the molecule is CC(C)CCCCCCc1cnnn1CCC(C)C.CC(C)CCCCCCc1cnnn1CCC(C)C.CC(C)CCCCCc1cnnn1CCCC(C)C.CC(C)CCCCCc1cnnn1CCCC(C)C.CC(C)CCCCc1cn(CCC(C)C)nn1. The monoisotopic (exact) mass is 1300 g/mol. The predicted octanol–water partition coefficient (Wildman–Crippen LogP) is 21.6. The maximum Gasteiger partial charge on any atom is 0.0827 e. The summed E-state index contributed by atoms with van der Waals surface area (Å²) in [5.41, 5.74) is 6.40. The first kappa shape index (κ1) is 86.7. The molecular formula is C78H151N15. The minimum Gasteiger partial charge on any atom is -0.252 e. The van der Waals surface area contributed by atoms with Gasteiger partial charge in [0.25, 0.3) is 0 Å². The van der Waals surface area contributed by atoms with E-state index in [4.69, 9.17) is 0 Å². The lowest BCUT2D eigenvalue weighted by atomic mass is 10.0. The molecule has 0 unspecified atom stereocenters. The van der Waals surface area contributed by atoms with Crippen LogP contribution in [0, 0.1) is 59.2 Å². The summed E-state index contributed by atoms with van der Waals surface area (Å²) >= 11 is 0. The summed E-state index contributed by atoms with van der Waals surface area (Å²) in [6, 6.07) is 0. The smallest absolute Gasteiger partial charge is 0.0827 e. The van der Waals surface area contributed by atoms with Gasteiger partial charge in [-0.3, -0.25) is 4.68 Å². The van der Waals surface area contributed by atoms with Crippen LogP contribution in [0.1, 0.15) is 347 Å². The molecule has 0 radical (unpaired) electrons. The van der Waals surface area contributed by atoms with Gasteiger partial charge in [0.1, 0.15) is 0 Å². The van der Waals surface area contributed by atoms with Crippen molar-refractivity contribution in [2.24, 2.45) is 59.2 Å². The maximum atomic E-state index is 4.22. The van der Waals surface area contributed by atoms with Gasteiger partial charge in [-0.2, -0.15) is 0 Å². The molecule has 0 aromatic carbocycles. The molecule has 5 aromatic rings. The Hall–Kier alpha value is -4.30. The number of nitrogens with zero attached hydrogens (tertiary/aromatic N) is 15. The summed E-state index contributed by atoms with van der Waals surface area (Å²) in [7, 11) is 0. The predicted molar refractivity (Wildman–Crippen MR) is 396 cm³/mol. The average Bonchev–Trinajstić information content (AvgIpc) is 2.59. The molecule has 0 amide bonds. The third-order valence-electron chi connectivity index (χ3n) is 17.3. The van der Waals surface area contributed by atoms with Gasteiger partial charge in [-0.25, -0.2) is 18.7 Å². The Labute approximate surface area is 573 Å². The zero-order chi connectivity index (χ0) is 69.0. The van der Waals surface area contributed by atoms with E-state index in [1.54, 1.807) is 0 Å². The lowest BCUT2D eigenvalue weighted by Crippen LogP contribution is -2.07. The summed E-state index contributed by atoms with van der Waals surface area (Å²) in [6.07, 6.45) is 51.9. The van der Waals surface area contributed by atoms with Gasteiger partial charge in [-0.15, -0.1) is 25.5 Å². The van der Waals surface area contributed by atoms with Crippen LogP contribution in [-0.4, -0.2) is 75.0 Å². The van der Waals surface area contributed by atoms with E-state index >= 15 is 0 Å². The van der Waals surface area contributed by atoms with Crippen LogP contribution >= 0.6 is 0 Å². The van der Waals surface area contributed by atoms with Gasteiger partial charge >= 0.3 is 0 Å². The number of hydrogen-bond donors (Lipinski definition) is 0. The molecule has 93 heavy (non-hydrogen) atoms. The highest BCUT2D eigenvalue weighted by atomic mass is 15.4. The second-order valence-corrected chi connectivity index (χ2v) is 31.7. The Morgan fingerprint density at radius 2 is 0.473 bits per heavy atom. The summed E-state index contributed by atoms with van der Waals surface area (Å²) in [5.74, 6) is 7.94. The van der Waals surface area contributed by atoms with E-state index in [0.29, 0.717) is 0 Å².